The third kappa shape index (κ3) is 4.51. The van der Waals surface area contributed by atoms with Crippen LogP contribution < -0.4 is 10.6 Å². The fourth-order valence-corrected chi connectivity index (χ4v) is 4.99. The molecular formula is C19H26N4OS2. The molecule has 0 radical (unpaired) electrons. The summed E-state index contributed by atoms with van der Waals surface area (Å²) in [5, 5.41) is 7.76. The zero-order chi connectivity index (χ0) is 18.9. The van der Waals surface area contributed by atoms with E-state index in [1.807, 2.05) is 12.1 Å². The number of fused-ring (bicyclic) bond motifs is 1. The van der Waals surface area contributed by atoms with Crippen LogP contribution in [0.1, 0.15) is 45.6 Å². The van der Waals surface area contributed by atoms with Crippen LogP contribution in [0.25, 0.3) is 10.2 Å². The number of carbonyl (C=O) groups is 1. The second kappa shape index (κ2) is 7.48. The highest BCUT2D eigenvalue weighted by Gasteiger charge is 2.32. The van der Waals surface area contributed by atoms with Crippen molar-refractivity contribution in [1.29, 1.82) is 0 Å². The largest absolute Gasteiger partial charge is 0.358 e. The highest BCUT2D eigenvalue weighted by molar-refractivity contribution is 7.80. The molecule has 1 atom stereocenters. The third-order valence-electron chi connectivity index (χ3n) is 4.64. The first-order valence-electron chi connectivity index (χ1n) is 8.99. The second-order valence-electron chi connectivity index (χ2n) is 7.70. The Labute approximate surface area is 164 Å². The second-order valence-corrected chi connectivity index (χ2v) is 9.12. The van der Waals surface area contributed by atoms with Gasteiger partial charge in [0.15, 0.2) is 10.2 Å². The quantitative estimate of drug-likeness (QED) is 0.754. The van der Waals surface area contributed by atoms with Gasteiger partial charge in [-0.2, -0.15) is 0 Å². The van der Waals surface area contributed by atoms with E-state index in [-0.39, 0.29) is 11.4 Å². The van der Waals surface area contributed by atoms with Gasteiger partial charge in [0.25, 0.3) is 0 Å². The minimum atomic E-state index is 0.00430. The molecule has 0 aliphatic carbocycles. The minimum Gasteiger partial charge on any atom is -0.358 e. The van der Waals surface area contributed by atoms with E-state index >= 15 is 0 Å². The summed E-state index contributed by atoms with van der Waals surface area (Å²) < 4.78 is 1.10. The number of hydrogen-bond acceptors (Lipinski definition) is 4. The van der Waals surface area contributed by atoms with E-state index in [4.69, 9.17) is 12.2 Å². The Morgan fingerprint density at radius 2 is 2.27 bits per heavy atom. The van der Waals surface area contributed by atoms with Crippen LogP contribution in [0.4, 0.5) is 5.13 Å². The highest BCUT2D eigenvalue weighted by atomic mass is 32.1. The Balaban J connectivity index is 1.50. The lowest BCUT2D eigenvalue weighted by atomic mass is 9.93. The normalized spacial score (nSPS) is 19.5. The molecule has 7 heteroatoms. The fraction of sp³-hybridized carbons (Fsp3) is 0.526. The van der Waals surface area contributed by atoms with Gasteiger partial charge in [-0.3, -0.25) is 4.79 Å². The molecule has 1 aliphatic heterocycles. The summed E-state index contributed by atoms with van der Waals surface area (Å²) >= 11 is 7.01. The van der Waals surface area contributed by atoms with Crippen LogP contribution in [0.5, 0.6) is 0 Å². The molecule has 1 aliphatic rings. The number of benzene rings is 1. The lowest BCUT2D eigenvalue weighted by Crippen LogP contribution is -2.60. The molecule has 0 bridgehead atoms. The Kier molecular flexibility index (Phi) is 5.48. The van der Waals surface area contributed by atoms with Crippen molar-refractivity contribution in [2.24, 2.45) is 0 Å². The Bertz CT molecular complexity index is 830. The Morgan fingerprint density at radius 1 is 1.50 bits per heavy atom. The van der Waals surface area contributed by atoms with Gasteiger partial charge >= 0.3 is 0 Å². The highest BCUT2D eigenvalue weighted by Crippen LogP contribution is 2.27. The molecule has 0 spiro atoms. The van der Waals surface area contributed by atoms with Crippen LogP contribution >= 0.6 is 23.6 Å². The molecular weight excluding hydrogens is 364 g/mol. The van der Waals surface area contributed by atoms with Gasteiger partial charge in [-0.1, -0.05) is 17.4 Å². The smallest absolute Gasteiger partial charge is 0.226 e. The Morgan fingerprint density at radius 3 is 3.00 bits per heavy atom. The summed E-state index contributed by atoms with van der Waals surface area (Å²) in [7, 11) is 0. The van der Waals surface area contributed by atoms with Crippen molar-refractivity contribution in [1.82, 2.24) is 15.2 Å². The minimum absolute atomic E-state index is 0.00430. The average Bonchev–Trinajstić information content (AvgIpc) is 2.90. The number of aryl methyl sites for hydroxylation is 1. The van der Waals surface area contributed by atoms with Crippen molar-refractivity contribution in [2.45, 2.75) is 58.5 Å². The number of rotatable bonds is 5. The van der Waals surface area contributed by atoms with Crippen molar-refractivity contribution < 1.29 is 4.79 Å². The first-order valence-corrected chi connectivity index (χ1v) is 10.2. The molecule has 1 amide bonds. The standard InChI is InChI=1S/C19H26N4OS2/c1-12-7-8-14-15(10-12)26-17(20-14)21-16(24)6-5-9-23-13(2)11-19(3,4)22-18(23)25/h7-8,10,13H,5-6,9,11H2,1-4H3,(H,22,25)(H,20,21,24). The van der Waals surface area contributed by atoms with Crippen molar-refractivity contribution in [3.05, 3.63) is 23.8 Å². The zero-order valence-electron chi connectivity index (χ0n) is 15.8. The van der Waals surface area contributed by atoms with E-state index in [1.54, 1.807) is 0 Å². The van der Waals surface area contributed by atoms with E-state index in [9.17, 15) is 4.79 Å². The number of hydrogen-bond donors (Lipinski definition) is 2. The van der Waals surface area contributed by atoms with Gasteiger partial charge in [0.1, 0.15) is 0 Å². The topological polar surface area (TPSA) is 57.3 Å². The molecule has 26 heavy (non-hydrogen) atoms. The monoisotopic (exact) mass is 390 g/mol. The first-order chi connectivity index (χ1) is 12.2. The van der Waals surface area contributed by atoms with Crippen LogP contribution in [0.15, 0.2) is 18.2 Å². The molecule has 3 rings (SSSR count). The van der Waals surface area contributed by atoms with Gasteiger partial charge in [0.05, 0.1) is 10.2 Å². The molecule has 1 saturated heterocycles. The lowest BCUT2D eigenvalue weighted by Gasteiger charge is -2.44. The Hall–Kier alpha value is -1.73. The molecule has 2 heterocycles. The SMILES string of the molecule is Cc1ccc2nc(NC(=O)CCCN3C(=S)NC(C)(C)CC3C)sc2c1. The molecule has 0 saturated carbocycles. The van der Waals surface area contributed by atoms with E-state index in [0.29, 0.717) is 17.6 Å². The molecule has 5 nitrogen and oxygen atoms in total. The molecule has 140 valence electrons. The summed E-state index contributed by atoms with van der Waals surface area (Å²) in [5.74, 6) is 0.00430. The van der Waals surface area contributed by atoms with Gasteiger partial charge in [0, 0.05) is 24.5 Å². The van der Waals surface area contributed by atoms with Crippen molar-refractivity contribution in [2.75, 3.05) is 11.9 Å². The third-order valence-corrected chi connectivity index (χ3v) is 5.91. The number of thiazole rings is 1. The van der Waals surface area contributed by atoms with E-state index in [1.165, 1.54) is 16.9 Å². The number of carbonyl (C=O) groups excluding carboxylic acids is 1. The molecule has 1 fully saturated rings. The maximum Gasteiger partial charge on any atom is 0.226 e. The first kappa shape index (κ1) is 19.0. The van der Waals surface area contributed by atoms with Gasteiger partial charge in [0.2, 0.25) is 5.91 Å². The predicted molar refractivity (Wildman–Crippen MR) is 113 cm³/mol. The molecule has 1 unspecified atom stereocenters. The number of aromatic nitrogens is 1. The van der Waals surface area contributed by atoms with E-state index in [0.717, 1.165) is 34.7 Å². The summed E-state index contributed by atoms with van der Waals surface area (Å²) in [6.07, 6.45) is 2.26. The number of nitrogens with one attached hydrogen (secondary N) is 2. The fourth-order valence-electron chi connectivity index (χ4n) is 3.46. The van der Waals surface area contributed by atoms with Crippen molar-refractivity contribution >= 4 is 49.9 Å². The summed E-state index contributed by atoms with van der Waals surface area (Å²) in [4.78, 5) is 18.9. The van der Waals surface area contributed by atoms with Gasteiger partial charge in [-0.15, -0.1) is 0 Å². The van der Waals surface area contributed by atoms with Gasteiger partial charge < -0.3 is 15.5 Å². The van der Waals surface area contributed by atoms with Gasteiger partial charge in [-0.25, -0.2) is 4.98 Å². The number of nitrogens with zero attached hydrogens (tertiary/aromatic N) is 2. The van der Waals surface area contributed by atoms with Crippen LogP contribution in [0.3, 0.4) is 0 Å². The summed E-state index contributed by atoms with van der Waals surface area (Å²) in [6.45, 7) is 9.37. The van der Waals surface area contributed by atoms with Crippen LogP contribution in [-0.2, 0) is 4.79 Å². The lowest BCUT2D eigenvalue weighted by molar-refractivity contribution is -0.116. The number of thiocarbonyl (C=S) groups is 1. The average molecular weight is 391 g/mol. The summed E-state index contributed by atoms with van der Waals surface area (Å²) in [6, 6.07) is 6.50. The van der Waals surface area contributed by atoms with Crippen LogP contribution in [0.2, 0.25) is 0 Å². The zero-order valence-corrected chi connectivity index (χ0v) is 17.4. The van der Waals surface area contributed by atoms with Crippen molar-refractivity contribution in [3.63, 3.8) is 0 Å². The maximum absolute atomic E-state index is 12.3. The van der Waals surface area contributed by atoms with Gasteiger partial charge in [-0.05, 0) is 70.5 Å². The number of amides is 1. The number of anilines is 1. The van der Waals surface area contributed by atoms with Crippen molar-refractivity contribution in [3.8, 4) is 0 Å². The molecule has 1 aromatic heterocycles. The molecule has 1 aromatic carbocycles. The van der Waals surface area contributed by atoms with Crippen LogP contribution in [-0.4, -0.2) is 39.0 Å². The van der Waals surface area contributed by atoms with E-state index in [2.05, 4.69) is 54.3 Å². The van der Waals surface area contributed by atoms with E-state index < -0.39 is 0 Å². The summed E-state index contributed by atoms with van der Waals surface area (Å²) in [5.41, 5.74) is 2.16. The van der Waals surface area contributed by atoms with Crippen LogP contribution in [0, 0.1) is 6.92 Å². The predicted octanol–water partition coefficient (Wildman–Crippen LogP) is 4.07. The maximum atomic E-state index is 12.3. The molecule has 2 aromatic rings. The molecule has 2 N–H and O–H groups in total.